The molecule has 1 aliphatic heterocycles. The maximum absolute atomic E-state index is 10.2. The summed E-state index contributed by atoms with van der Waals surface area (Å²) >= 11 is 0. The van der Waals surface area contributed by atoms with Crippen molar-refractivity contribution in [1.82, 2.24) is 10.2 Å². The van der Waals surface area contributed by atoms with Crippen LogP contribution in [0.25, 0.3) is 0 Å². The second-order valence-corrected chi connectivity index (χ2v) is 4.92. The Bertz CT molecular complexity index is 194. The minimum atomic E-state index is -0.0898. The Kier molecular flexibility index (Phi) is 4.00. The van der Waals surface area contributed by atoms with E-state index in [1.165, 1.54) is 25.7 Å². The topological polar surface area (TPSA) is 35.5 Å². The van der Waals surface area contributed by atoms with Crippen LogP contribution in [0.4, 0.5) is 0 Å². The monoisotopic (exact) mass is 212 g/mol. The highest BCUT2D eigenvalue weighted by Gasteiger charge is 2.33. The summed E-state index contributed by atoms with van der Waals surface area (Å²) in [5, 5.41) is 13.5. The number of likely N-dealkylation sites (N-methyl/N-ethyl adjacent to an activating group) is 1. The van der Waals surface area contributed by atoms with Gasteiger partial charge in [0.25, 0.3) is 0 Å². The van der Waals surface area contributed by atoms with E-state index in [4.69, 9.17) is 0 Å². The highest BCUT2D eigenvalue weighted by Crippen LogP contribution is 2.24. The molecule has 88 valence electrons. The van der Waals surface area contributed by atoms with Gasteiger partial charge in [-0.25, -0.2) is 0 Å². The summed E-state index contributed by atoms with van der Waals surface area (Å²) in [6.45, 7) is 5.51. The lowest BCUT2D eigenvalue weighted by Crippen LogP contribution is -2.61. The van der Waals surface area contributed by atoms with E-state index in [0.717, 1.165) is 26.1 Å². The van der Waals surface area contributed by atoms with Crippen molar-refractivity contribution in [3.05, 3.63) is 0 Å². The van der Waals surface area contributed by atoms with Crippen LogP contribution in [0.2, 0.25) is 0 Å². The molecule has 1 heterocycles. The third-order valence-electron chi connectivity index (χ3n) is 3.96. The van der Waals surface area contributed by atoms with Gasteiger partial charge in [-0.05, 0) is 19.4 Å². The zero-order valence-electron chi connectivity index (χ0n) is 9.78. The van der Waals surface area contributed by atoms with E-state index >= 15 is 0 Å². The van der Waals surface area contributed by atoms with Crippen LogP contribution in [0.3, 0.4) is 0 Å². The molecule has 15 heavy (non-hydrogen) atoms. The fourth-order valence-electron chi connectivity index (χ4n) is 2.93. The molecular formula is C12H24N2O. The first-order valence-electron chi connectivity index (χ1n) is 6.47. The highest BCUT2D eigenvalue weighted by atomic mass is 16.3. The first-order chi connectivity index (χ1) is 7.33. The van der Waals surface area contributed by atoms with Gasteiger partial charge in [0.05, 0.1) is 6.10 Å². The molecule has 3 heteroatoms. The lowest BCUT2D eigenvalue weighted by molar-refractivity contribution is 0.00876. The van der Waals surface area contributed by atoms with Gasteiger partial charge in [0.15, 0.2) is 0 Å². The van der Waals surface area contributed by atoms with Crippen LogP contribution in [0.15, 0.2) is 0 Å². The normalized spacial score (nSPS) is 33.8. The van der Waals surface area contributed by atoms with Crippen molar-refractivity contribution in [3.8, 4) is 0 Å². The Labute approximate surface area is 92.8 Å². The Morgan fingerprint density at radius 3 is 2.53 bits per heavy atom. The third kappa shape index (κ3) is 2.52. The van der Waals surface area contributed by atoms with E-state index in [0.29, 0.717) is 12.1 Å². The summed E-state index contributed by atoms with van der Waals surface area (Å²) in [5.74, 6) is 0. The number of aliphatic hydroxyl groups is 1. The van der Waals surface area contributed by atoms with Crippen LogP contribution in [0.5, 0.6) is 0 Å². The Morgan fingerprint density at radius 1 is 1.20 bits per heavy atom. The predicted molar refractivity (Wildman–Crippen MR) is 61.9 cm³/mol. The zero-order chi connectivity index (χ0) is 10.7. The van der Waals surface area contributed by atoms with Gasteiger partial charge in [-0.15, -0.1) is 0 Å². The molecule has 1 saturated carbocycles. The minimum Gasteiger partial charge on any atom is -0.391 e. The number of hydrogen-bond donors (Lipinski definition) is 2. The van der Waals surface area contributed by atoms with Gasteiger partial charge in [-0.2, -0.15) is 0 Å². The van der Waals surface area contributed by atoms with Crippen molar-refractivity contribution in [2.24, 2.45) is 0 Å². The number of aliphatic hydroxyl groups excluding tert-OH is 1. The zero-order valence-corrected chi connectivity index (χ0v) is 9.78. The van der Waals surface area contributed by atoms with Crippen LogP contribution in [-0.4, -0.2) is 47.8 Å². The van der Waals surface area contributed by atoms with Crippen molar-refractivity contribution in [3.63, 3.8) is 0 Å². The number of nitrogens with zero attached hydrogens (tertiary/aromatic N) is 1. The molecule has 2 atom stereocenters. The second-order valence-electron chi connectivity index (χ2n) is 4.92. The van der Waals surface area contributed by atoms with E-state index < -0.39 is 0 Å². The van der Waals surface area contributed by atoms with Crippen LogP contribution in [-0.2, 0) is 0 Å². The molecule has 0 spiro atoms. The van der Waals surface area contributed by atoms with Gasteiger partial charge in [0.1, 0.15) is 0 Å². The number of rotatable bonds is 3. The molecule has 0 bridgehead atoms. The van der Waals surface area contributed by atoms with Gasteiger partial charge < -0.3 is 10.4 Å². The van der Waals surface area contributed by atoms with Crippen LogP contribution >= 0.6 is 0 Å². The van der Waals surface area contributed by atoms with E-state index in [2.05, 4.69) is 17.1 Å². The Hall–Kier alpha value is -0.120. The average Bonchev–Trinajstić information content (AvgIpc) is 2.36. The Morgan fingerprint density at radius 2 is 1.93 bits per heavy atom. The molecule has 0 aromatic heterocycles. The quantitative estimate of drug-likeness (QED) is 0.684. The molecule has 0 aromatic rings. The van der Waals surface area contributed by atoms with Crippen LogP contribution in [0.1, 0.15) is 39.0 Å². The molecule has 2 aliphatic rings. The van der Waals surface area contributed by atoms with E-state index in [1.54, 1.807) is 0 Å². The first-order valence-corrected chi connectivity index (χ1v) is 6.47. The van der Waals surface area contributed by atoms with Crippen molar-refractivity contribution in [1.29, 1.82) is 0 Å². The third-order valence-corrected chi connectivity index (χ3v) is 3.96. The molecule has 3 nitrogen and oxygen atoms in total. The summed E-state index contributed by atoms with van der Waals surface area (Å²) in [4.78, 5) is 2.52. The van der Waals surface area contributed by atoms with E-state index in [9.17, 15) is 5.11 Å². The van der Waals surface area contributed by atoms with Gasteiger partial charge in [-0.1, -0.05) is 26.2 Å². The van der Waals surface area contributed by atoms with Crippen molar-refractivity contribution >= 4 is 0 Å². The molecule has 2 fully saturated rings. The molecule has 0 aromatic carbocycles. The predicted octanol–water partition coefficient (Wildman–Crippen LogP) is 0.974. The van der Waals surface area contributed by atoms with Crippen molar-refractivity contribution in [2.75, 3.05) is 19.6 Å². The van der Waals surface area contributed by atoms with Crippen molar-refractivity contribution in [2.45, 2.75) is 57.2 Å². The first kappa shape index (κ1) is 11.4. The molecule has 2 unspecified atom stereocenters. The highest BCUT2D eigenvalue weighted by molar-refractivity contribution is 4.91. The van der Waals surface area contributed by atoms with Gasteiger partial charge in [0, 0.05) is 25.2 Å². The fourth-order valence-corrected chi connectivity index (χ4v) is 2.93. The second kappa shape index (κ2) is 5.28. The van der Waals surface area contributed by atoms with Gasteiger partial charge >= 0.3 is 0 Å². The molecule has 2 N–H and O–H groups in total. The molecular weight excluding hydrogens is 188 g/mol. The molecule has 1 saturated heterocycles. The maximum atomic E-state index is 10.2. The van der Waals surface area contributed by atoms with Gasteiger partial charge in [-0.3, -0.25) is 4.90 Å². The lowest BCUT2D eigenvalue weighted by atomic mass is 9.99. The van der Waals surface area contributed by atoms with Crippen LogP contribution in [0, 0.1) is 0 Å². The summed E-state index contributed by atoms with van der Waals surface area (Å²) in [5.41, 5.74) is 0. The lowest BCUT2D eigenvalue weighted by Gasteiger charge is -2.43. The summed E-state index contributed by atoms with van der Waals surface area (Å²) in [7, 11) is 0. The summed E-state index contributed by atoms with van der Waals surface area (Å²) in [6, 6.07) is 1.09. The van der Waals surface area contributed by atoms with E-state index in [1.807, 2.05) is 0 Å². The van der Waals surface area contributed by atoms with E-state index in [-0.39, 0.29) is 6.10 Å². The number of hydrogen-bond acceptors (Lipinski definition) is 3. The number of nitrogens with one attached hydrogen (secondary N) is 1. The largest absolute Gasteiger partial charge is 0.391 e. The molecule has 2 rings (SSSR count). The maximum Gasteiger partial charge on any atom is 0.0695 e. The SMILES string of the molecule is CCN(C1CNC1)C1CCCCCC1O. The average molecular weight is 212 g/mol. The minimum absolute atomic E-state index is 0.0898. The molecule has 0 radical (unpaired) electrons. The van der Waals surface area contributed by atoms with Crippen molar-refractivity contribution < 1.29 is 5.11 Å². The smallest absolute Gasteiger partial charge is 0.0695 e. The standard InChI is InChI=1S/C12H24N2O/c1-2-14(10-8-13-9-10)11-6-4-3-5-7-12(11)15/h10-13,15H,2-9H2,1H3. The Balaban J connectivity index is 1.96. The van der Waals surface area contributed by atoms with Gasteiger partial charge in [0.2, 0.25) is 0 Å². The molecule has 0 amide bonds. The fraction of sp³-hybridized carbons (Fsp3) is 1.00. The molecule has 1 aliphatic carbocycles. The van der Waals surface area contributed by atoms with Crippen LogP contribution < -0.4 is 5.32 Å². The summed E-state index contributed by atoms with van der Waals surface area (Å²) in [6.07, 6.45) is 5.89. The summed E-state index contributed by atoms with van der Waals surface area (Å²) < 4.78 is 0.